The van der Waals surface area contributed by atoms with Gasteiger partial charge in [-0.05, 0) is 30.2 Å². The number of hydrogen-bond donors (Lipinski definition) is 0. The number of benzene rings is 2. The predicted octanol–water partition coefficient (Wildman–Crippen LogP) is 4.40. The number of amides is 1. The Bertz CT molecular complexity index is 912. The number of carbonyl (C=O) groups excluding carboxylic acids is 1. The van der Waals surface area contributed by atoms with Gasteiger partial charge in [0.2, 0.25) is 5.91 Å². The summed E-state index contributed by atoms with van der Waals surface area (Å²) in [7, 11) is 1.83. The number of rotatable bonds is 8. The van der Waals surface area contributed by atoms with Crippen molar-refractivity contribution >= 4 is 33.6 Å². The summed E-state index contributed by atoms with van der Waals surface area (Å²) in [5, 5.41) is 9.44. The summed E-state index contributed by atoms with van der Waals surface area (Å²) in [4.78, 5) is 14.3. The molecule has 3 rings (SSSR count). The molecule has 0 aliphatic heterocycles. The van der Waals surface area contributed by atoms with Crippen molar-refractivity contribution in [1.29, 1.82) is 0 Å². The number of hydrogen-bond acceptors (Lipinski definition) is 4. The van der Waals surface area contributed by atoms with Gasteiger partial charge in [0.25, 0.3) is 0 Å². The first-order chi connectivity index (χ1) is 13.6. The van der Waals surface area contributed by atoms with Crippen molar-refractivity contribution < 1.29 is 4.79 Å². The molecule has 2 aromatic carbocycles. The van der Waals surface area contributed by atoms with Gasteiger partial charge in [-0.2, -0.15) is 0 Å². The van der Waals surface area contributed by atoms with E-state index in [9.17, 15) is 4.79 Å². The fraction of sp³-hybridized carbons (Fsp3) is 0.286. The lowest BCUT2D eigenvalue weighted by Crippen LogP contribution is -2.27. The van der Waals surface area contributed by atoms with Crippen molar-refractivity contribution in [3.05, 3.63) is 76.0 Å². The highest BCUT2D eigenvalue weighted by Crippen LogP contribution is 2.20. The maximum Gasteiger partial charge on any atom is 0.233 e. The molecule has 0 radical (unpaired) electrons. The molecular weight excluding hydrogens is 436 g/mol. The standard InChI is InChI=1S/C21H23BrN4OS/c1-3-26-19(13-16-7-5-4-6-8-16)23-24-21(26)28-15-20(27)25(2)14-17-9-11-18(22)12-10-17/h4-12H,3,13-15H2,1-2H3. The van der Waals surface area contributed by atoms with Crippen LogP contribution in [-0.4, -0.2) is 38.4 Å². The topological polar surface area (TPSA) is 51.0 Å². The highest BCUT2D eigenvalue weighted by molar-refractivity contribution is 9.10. The molecule has 0 atom stereocenters. The normalized spacial score (nSPS) is 10.8. The highest BCUT2D eigenvalue weighted by atomic mass is 79.9. The minimum Gasteiger partial charge on any atom is -0.341 e. The van der Waals surface area contributed by atoms with Gasteiger partial charge in [-0.3, -0.25) is 4.79 Å². The number of carbonyl (C=O) groups is 1. The average Bonchev–Trinajstić information content (AvgIpc) is 3.10. The number of aromatic nitrogens is 3. The minimum atomic E-state index is 0.0724. The zero-order valence-electron chi connectivity index (χ0n) is 16.0. The van der Waals surface area contributed by atoms with Gasteiger partial charge in [0.15, 0.2) is 5.16 Å². The molecule has 1 heterocycles. The second-order valence-electron chi connectivity index (χ2n) is 6.47. The third kappa shape index (κ3) is 5.45. The van der Waals surface area contributed by atoms with Gasteiger partial charge in [0, 0.05) is 31.0 Å². The second-order valence-corrected chi connectivity index (χ2v) is 8.33. The molecule has 0 bridgehead atoms. The molecule has 1 amide bonds. The summed E-state index contributed by atoms with van der Waals surface area (Å²) in [6, 6.07) is 18.2. The molecule has 0 spiro atoms. The van der Waals surface area contributed by atoms with Crippen molar-refractivity contribution in [2.75, 3.05) is 12.8 Å². The Morgan fingerprint density at radius 1 is 1.07 bits per heavy atom. The smallest absolute Gasteiger partial charge is 0.233 e. The third-order valence-electron chi connectivity index (χ3n) is 4.40. The van der Waals surface area contributed by atoms with Crippen LogP contribution in [0.1, 0.15) is 23.9 Å². The fourth-order valence-corrected chi connectivity index (χ4v) is 4.07. The van der Waals surface area contributed by atoms with Crippen LogP contribution in [0.15, 0.2) is 64.2 Å². The lowest BCUT2D eigenvalue weighted by molar-refractivity contribution is -0.127. The number of halogens is 1. The van der Waals surface area contributed by atoms with E-state index in [0.717, 1.165) is 34.0 Å². The average molecular weight is 459 g/mol. The molecule has 28 heavy (non-hydrogen) atoms. The van der Waals surface area contributed by atoms with E-state index >= 15 is 0 Å². The van der Waals surface area contributed by atoms with Crippen LogP contribution in [0.2, 0.25) is 0 Å². The summed E-state index contributed by atoms with van der Waals surface area (Å²) in [5.41, 5.74) is 2.30. The van der Waals surface area contributed by atoms with Gasteiger partial charge in [0.1, 0.15) is 5.82 Å². The first-order valence-electron chi connectivity index (χ1n) is 9.14. The molecule has 1 aromatic heterocycles. The van der Waals surface area contributed by atoms with E-state index in [2.05, 4.69) is 49.8 Å². The Labute approximate surface area is 178 Å². The van der Waals surface area contributed by atoms with Crippen molar-refractivity contribution in [2.24, 2.45) is 0 Å². The van der Waals surface area contributed by atoms with Crippen LogP contribution in [0.25, 0.3) is 0 Å². The molecule has 0 aliphatic rings. The van der Waals surface area contributed by atoms with Crippen molar-refractivity contribution in [2.45, 2.75) is 31.6 Å². The molecule has 0 N–H and O–H groups in total. The number of thioether (sulfide) groups is 1. The molecule has 0 fully saturated rings. The van der Waals surface area contributed by atoms with Gasteiger partial charge in [-0.25, -0.2) is 0 Å². The van der Waals surface area contributed by atoms with Crippen LogP contribution in [0.3, 0.4) is 0 Å². The summed E-state index contributed by atoms with van der Waals surface area (Å²) < 4.78 is 3.12. The molecule has 0 saturated carbocycles. The summed E-state index contributed by atoms with van der Waals surface area (Å²) >= 11 is 4.87. The Morgan fingerprint density at radius 3 is 2.46 bits per heavy atom. The Morgan fingerprint density at radius 2 is 1.79 bits per heavy atom. The molecule has 0 aliphatic carbocycles. The lowest BCUT2D eigenvalue weighted by atomic mass is 10.1. The van der Waals surface area contributed by atoms with Crippen LogP contribution in [-0.2, 0) is 24.3 Å². The fourth-order valence-electron chi connectivity index (χ4n) is 2.84. The predicted molar refractivity (Wildman–Crippen MR) is 116 cm³/mol. The van der Waals surface area contributed by atoms with Crippen LogP contribution in [0.4, 0.5) is 0 Å². The van der Waals surface area contributed by atoms with Gasteiger partial charge >= 0.3 is 0 Å². The largest absolute Gasteiger partial charge is 0.341 e. The minimum absolute atomic E-state index is 0.0724. The van der Waals surface area contributed by atoms with E-state index in [0.29, 0.717) is 12.3 Å². The zero-order chi connectivity index (χ0) is 19.9. The van der Waals surface area contributed by atoms with Gasteiger partial charge in [-0.15, -0.1) is 10.2 Å². The molecule has 7 heteroatoms. The third-order valence-corrected chi connectivity index (χ3v) is 5.88. The molecular formula is C21H23BrN4OS. The van der Waals surface area contributed by atoms with Crippen molar-refractivity contribution in [3.63, 3.8) is 0 Å². The molecule has 0 saturated heterocycles. The van der Waals surface area contributed by atoms with Gasteiger partial charge in [-0.1, -0.05) is 70.2 Å². The van der Waals surface area contributed by atoms with E-state index in [1.165, 1.54) is 17.3 Å². The SMILES string of the molecule is CCn1c(Cc2ccccc2)nnc1SCC(=O)N(C)Cc1ccc(Br)cc1. The molecule has 0 unspecified atom stereocenters. The molecule has 3 aromatic rings. The summed E-state index contributed by atoms with van der Waals surface area (Å²) in [5.74, 6) is 1.34. The van der Waals surface area contributed by atoms with Crippen molar-refractivity contribution in [3.8, 4) is 0 Å². The lowest BCUT2D eigenvalue weighted by Gasteiger charge is -2.17. The maximum atomic E-state index is 12.5. The summed E-state index contributed by atoms with van der Waals surface area (Å²) in [6.45, 7) is 3.44. The quantitative estimate of drug-likeness (QED) is 0.469. The van der Waals surface area contributed by atoms with E-state index in [4.69, 9.17) is 0 Å². The van der Waals surface area contributed by atoms with E-state index in [1.807, 2.05) is 49.5 Å². The first kappa shape index (κ1) is 20.6. The van der Waals surface area contributed by atoms with E-state index in [1.54, 1.807) is 4.90 Å². The van der Waals surface area contributed by atoms with E-state index < -0.39 is 0 Å². The second kappa shape index (κ2) is 9.89. The van der Waals surface area contributed by atoms with Crippen LogP contribution < -0.4 is 0 Å². The molecule has 5 nitrogen and oxygen atoms in total. The Kier molecular flexibility index (Phi) is 7.28. The van der Waals surface area contributed by atoms with Gasteiger partial charge < -0.3 is 9.47 Å². The Hall–Kier alpha value is -2.12. The maximum absolute atomic E-state index is 12.5. The van der Waals surface area contributed by atoms with Crippen molar-refractivity contribution in [1.82, 2.24) is 19.7 Å². The van der Waals surface area contributed by atoms with Gasteiger partial charge in [0.05, 0.1) is 5.75 Å². The first-order valence-corrected chi connectivity index (χ1v) is 10.9. The van der Waals surface area contributed by atoms with Crippen LogP contribution in [0, 0.1) is 0 Å². The monoisotopic (exact) mass is 458 g/mol. The Balaban J connectivity index is 1.59. The van der Waals surface area contributed by atoms with Crippen LogP contribution in [0.5, 0.6) is 0 Å². The van der Waals surface area contributed by atoms with E-state index in [-0.39, 0.29) is 5.91 Å². The number of nitrogens with zero attached hydrogens (tertiary/aromatic N) is 4. The zero-order valence-corrected chi connectivity index (χ0v) is 18.4. The molecule has 146 valence electrons. The van der Waals surface area contributed by atoms with Crippen LogP contribution >= 0.6 is 27.7 Å². The highest BCUT2D eigenvalue weighted by Gasteiger charge is 2.15. The summed E-state index contributed by atoms with van der Waals surface area (Å²) in [6.07, 6.45) is 0.736.